The molecule has 0 unspecified atom stereocenters. The van der Waals surface area contributed by atoms with Gasteiger partial charge < -0.3 is 14.2 Å². The third kappa shape index (κ3) is 5.68. The summed E-state index contributed by atoms with van der Waals surface area (Å²) in [6, 6.07) is 4.54. The van der Waals surface area contributed by atoms with Crippen molar-refractivity contribution in [3.8, 4) is 5.75 Å². The van der Waals surface area contributed by atoms with Gasteiger partial charge >= 0.3 is 21.6 Å². The van der Waals surface area contributed by atoms with Gasteiger partial charge in [0.2, 0.25) is 0 Å². The van der Waals surface area contributed by atoms with Crippen molar-refractivity contribution in [2.24, 2.45) is 0 Å². The number of hydrogen-bond acceptors (Lipinski definition) is 6. The average molecular weight is 350 g/mol. The number of nitrogens with one attached hydrogen (secondary N) is 1. The monoisotopic (exact) mass is 349 g/mol. The number of carbonyl (C=O) groups excluding carboxylic acids is 1. The minimum Gasteiger partial charge on any atom is -0.468 e. The minimum atomic E-state index is -5.69. The maximum atomic E-state index is 12.1. The van der Waals surface area contributed by atoms with E-state index in [-0.39, 0.29) is 19.0 Å². The Balaban J connectivity index is 0.00000400. The van der Waals surface area contributed by atoms with Gasteiger partial charge in [-0.15, -0.1) is 12.4 Å². The van der Waals surface area contributed by atoms with Crippen LogP contribution in [0.4, 0.5) is 18.9 Å². The first kappa shape index (κ1) is 19.3. The third-order valence-electron chi connectivity index (χ3n) is 2.01. The van der Waals surface area contributed by atoms with Gasteiger partial charge in [-0.1, -0.05) is 0 Å². The van der Waals surface area contributed by atoms with Gasteiger partial charge in [0.05, 0.1) is 7.11 Å². The highest BCUT2D eigenvalue weighted by Gasteiger charge is 2.48. The van der Waals surface area contributed by atoms with Crippen LogP contribution in [-0.2, 0) is 19.6 Å². The third-order valence-corrected chi connectivity index (χ3v) is 2.99. The van der Waals surface area contributed by atoms with Crippen molar-refractivity contribution in [3.05, 3.63) is 24.3 Å². The van der Waals surface area contributed by atoms with E-state index < -0.39 is 27.3 Å². The Hall–Kier alpha value is -1.68. The van der Waals surface area contributed by atoms with E-state index >= 15 is 0 Å². The van der Waals surface area contributed by atoms with Crippen molar-refractivity contribution in [1.82, 2.24) is 0 Å². The van der Waals surface area contributed by atoms with E-state index in [4.69, 9.17) is 0 Å². The predicted molar refractivity (Wildman–Crippen MR) is 69.8 cm³/mol. The lowest BCUT2D eigenvalue weighted by molar-refractivity contribution is -0.138. The van der Waals surface area contributed by atoms with E-state index in [9.17, 15) is 26.4 Å². The molecule has 21 heavy (non-hydrogen) atoms. The predicted octanol–water partition coefficient (Wildman–Crippen LogP) is 1.92. The van der Waals surface area contributed by atoms with Crippen LogP contribution < -0.4 is 9.50 Å². The fraction of sp³-hybridized carbons (Fsp3) is 0.300. The van der Waals surface area contributed by atoms with Crippen LogP contribution in [0.1, 0.15) is 0 Å². The van der Waals surface area contributed by atoms with Crippen LogP contribution in [0.2, 0.25) is 0 Å². The first-order valence-electron chi connectivity index (χ1n) is 5.07. The number of methoxy groups -OCH3 is 1. The number of anilines is 1. The molecule has 11 heteroatoms. The summed E-state index contributed by atoms with van der Waals surface area (Å²) in [6.07, 6.45) is 0. The molecule has 0 amide bonds. The van der Waals surface area contributed by atoms with Gasteiger partial charge in [0.1, 0.15) is 12.3 Å². The molecule has 6 nitrogen and oxygen atoms in total. The van der Waals surface area contributed by atoms with Gasteiger partial charge in [-0.2, -0.15) is 21.6 Å². The van der Waals surface area contributed by atoms with Crippen molar-refractivity contribution in [2.45, 2.75) is 5.51 Å². The number of ether oxygens (including phenoxy) is 1. The number of hydrogen-bond donors (Lipinski definition) is 1. The normalized spacial score (nSPS) is 11.2. The van der Waals surface area contributed by atoms with E-state index in [0.717, 1.165) is 12.1 Å². The van der Waals surface area contributed by atoms with Gasteiger partial charge in [0, 0.05) is 5.69 Å². The number of esters is 1. The molecule has 0 aliphatic heterocycles. The Labute approximate surface area is 124 Å². The molecule has 0 aliphatic rings. The second-order valence-corrected chi connectivity index (χ2v) is 4.98. The van der Waals surface area contributed by atoms with Crippen molar-refractivity contribution < 1.29 is 35.3 Å². The number of alkyl halides is 3. The Morgan fingerprint density at radius 1 is 1.24 bits per heavy atom. The molecule has 0 atom stereocenters. The fourth-order valence-corrected chi connectivity index (χ4v) is 1.51. The molecule has 0 aromatic heterocycles. The first-order valence-corrected chi connectivity index (χ1v) is 6.48. The summed E-state index contributed by atoms with van der Waals surface area (Å²) in [5.74, 6) is -1.03. The summed E-state index contributed by atoms with van der Waals surface area (Å²) in [5, 5.41) is 2.61. The molecule has 120 valence electrons. The zero-order chi connectivity index (χ0) is 15.4. The van der Waals surface area contributed by atoms with Crippen molar-refractivity contribution in [3.63, 3.8) is 0 Å². The van der Waals surface area contributed by atoms with Crippen molar-refractivity contribution in [2.75, 3.05) is 19.0 Å². The molecule has 0 saturated carbocycles. The molecule has 1 aromatic carbocycles. The molecule has 0 heterocycles. The Bertz CT molecular complexity index is 573. The largest absolute Gasteiger partial charge is 0.534 e. The van der Waals surface area contributed by atoms with Crippen molar-refractivity contribution in [1.29, 1.82) is 0 Å². The van der Waals surface area contributed by atoms with Crippen LogP contribution in [0.5, 0.6) is 5.75 Å². The van der Waals surface area contributed by atoms with Crippen molar-refractivity contribution >= 4 is 34.2 Å². The Morgan fingerprint density at radius 3 is 2.19 bits per heavy atom. The van der Waals surface area contributed by atoms with Crippen LogP contribution in [0.3, 0.4) is 0 Å². The summed E-state index contributed by atoms with van der Waals surface area (Å²) in [7, 11) is -4.49. The SMILES string of the molecule is COC(=O)CNc1ccc(OS(=O)(=O)C(F)(F)F)cc1.Cl. The van der Waals surface area contributed by atoms with Gasteiger partial charge in [-0.05, 0) is 24.3 Å². The molecule has 0 bridgehead atoms. The second kappa shape index (κ2) is 7.36. The standard InChI is InChI=1S/C10H10F3NO5S.ClH/c1-18-9(15)6-14-7-2-4-8(5-3-7)19-20(16,17)10(11,12)13;/h2-5,14H,6H2,1H3;1H. The van der Waals surface area contributed by atoms with Gasteiger partial charge in [-0.3, -0.25) is 4.79 Å². The lowest BCUT2D eigenvalue weighted by Crippen LogP contribution is -2.28. The van der Waals surface area contributed by atoms with Crippen LogP contribution >= 0.6 is 12.4 Å². The number of benzene rings is 1. The summed E-state index contributed by atoms with van der Waals surface area (Å²) < 4.78 is 65.9. The van der Waals surface area contributed by atoms with Crippen LogP contribution in [-0.4, -0.2) is 33.5 Å². The smallest absolute Gasteiger partial charge is 0.468 e. The molecular weight excluding hydrogens is 339 g/mol. The second-order valence-electron chi connectivity index (χ2n) is 3.44. The minimum absolute atomic E-state index is 0. The van der Waals surface area contributed by atoms with E-state index in [1.165, 1.54) is 19.2 Å². The molecule has 0 aliphatic carbocycles. The van der Waals surface area contributed by atoms with Crippen LogP contribution in [0, 0.1) is 0 Å². The van der Waals surface area contributed by atoms with E-state index in [2.05, 4.69) is 14.2 Å². The van der Waals surface area contributed by atoms with Gasteiger partial charge in [0.15, 0.2) is 0 Å². The molecule has 1 aromatic rings. The lowest BCUT2D eigenvalue weighted by Gasteiger charge is -2.10. The Kier molecular flexibility index (Phi) is 6.77. The molecule has 0 radical (unpaired) electrons. The summed E-state index contributed by atoms with van der Waals surface area (Å²) >= 11 is 0. The average Bonchev–Trinajstić information content (AvgIpc) is 2.35. The number of carbonyl (C=O) groups is 1. The highest BCUT2D eigenvalue weighted by atomic mass is 35.5. The fourth-order valence-electron chi connectivity index (χ4n) is 1.05. The topological polar surface area (TPSA) is 81.7 Å². The summed E-state index contributed by atoms with van der Waals surface area (Å²) in [6.45, 7) is -0.141. The maximum absolute atomic E-state index is 12.1. The van der Waals surface area contributed by atoms with Crippen LogP contribution in [0.25, 0.3) is 0 Å². The quantitative estimate of drug-likeness (QED) is 0.497. The van der Waals surface area contributed by atoms with Gasteiger partial charge in [-0.25, -0.2) is 0 Å². The molecule has 1 N–H and O–H groups in total. The van der Waals surface area contributed by atoms with Crippen LogP contribution in [0.15, 0.2) is 24.3 Å². The zero-order valence-corrected chi connectivity index (χ0v) is 12.1. The molecule has 1 rings (SSSR count). The molecule has 0 spiro atoms. The molecular formula is C10H11ClF3NO5S. The maximum Gasteiger partial charge on any atom is 0.534 e. The first-order chi connectivity index (χ1) is 9.15. The molecule has 0 saturated heterocycles. The Morgan fingerprint density at radius 2 is 1.76 bits per heavy atom. The summed E-state index contributed by atoms with van der Waals surface area (Å²) in [5.41, 5.74) is -5.11. The van der Waals surface area contributed by atoms with E-state index in [1.807, 2.05) is 0 Å². The zero-order valence-electron chi connectivity index (χ0n) is 10.5. The van der Waals surface area contributed by atoms with Gasteiger partial charge in [0.25, 0.3) is 0 Å². The van der Waals surface area contributed by atoms with E-state index in [0.29, 0.717) is 5.69 Å². The highest BCUT2D eigenvalue weighted by molar-refractivity contribution is 7.87. The number of rotatable bonds is 5. The van der Waals surface area contributed by atoms with E-state index in [1.54, 1.807) is 0 Å². The lowest BCUT2D eigenvalue weighted by atomic mass is 10.3. The summed E-state index contributed by atoms with van der Waals surface area (Å²) in [4.78, 5) is 10.8. The molecule has 0 fully saturated rings. The number of halogens is 4. The highest BCUT2D eigenvalue weighted by Crippen LogP contribution is 2.27.